The zero-order valence-corrected chi connectivity index (χ0v) is 36.7. The summed E-state index contributed by atoms with van der Waals surface area (Å²) in [5, 5.41) is 10.1. The molecule has 10 rings (SSSR count). The van der Waals surface area contributed by atoms with E-state index in [1.807, 2.05) is 46.2 Å². The number of piperidine rings is 2. The SMILES string of the molecule is COCC1(N2CCN(c3ccc4nc5n(c4c3)C[C@@H]3CC[C@H](COc4c(cnn4C)-c4cc(cc(C)n4)C(=O)N5)C3)CC2)CCN(c2ccc(C3CCC(=O)NC3=O)nc2C)CC1. The van der Waals surface area contributed by atoms with Crippen molar-refractivity contribution in [3.63, 3.8) is 0 Å². The van der Waals surface area contributed by atoms with E-state index in [0.29, 0.717) is 61.0 Å². The Morgan fingerprint density at radius 1 is 0.873 bits per heavy atom. The number of imidazole rings is 1. The molecule has 16 heteroatoms. The molecule has 5 aromatic rings. The highest BCUT2D eigenvalue weighted by molar-refractivity contribution is 6.05. The van der Waals surface area contributed by atoms with Crippen LogP contribution in [0.3, 0.4) is 0 Å². The zero-order valence-electron chi connectivity index (χ0n) is 36.7. The Kier molecular flexibility index (Phi) is 10.9. The zero-order chi connectivity index (χ0) is 43.4. The summed E-state index contributed by atoms with van der Waals surface area (Å²) in [5.41, 5.74) is 8.37. The smallest absolute Gasteiger partial charge is 0.258 e. The number of ether oxygens (including phenoxy) is 2. The molecule has 4 fully saturated rings. The number of pyridine rings is 2. The third-order valence-electron chi connectivity index (χ3n) is 14.3. The summed E-state index contributed by atoms with van der Waals surface area (Å²) in [6.07, 6.45) is 7.71. The number of piperazine rings is 1. The van der Waals surface area contributed by atoms with E-state index in [2.05, 4.69) is 59.3 Å². The lowest BCUT2D eigenvalue weighted by molar-refractivity contribution is -0.134. The molecule has 4 bridgehead atoms. The molecular formula is C47H57N11O5. The molecule has 4 aliphatic heterocycles. The summed E-state index contributed by atoms with van der Waals surface area (Å²) in [6, 6.07) is 14.2. The van der Waals surface area contributed by atoms with Gasteiger partial charge in [0.15, 0.2) is 0 Å². The molecule has 330 valence electrons. The minimum absolute atomic E-state index is 0.0709. The average Bonchev–Trinajstić information content (AvgIpc) is 3.99. The first-order valence-electron chi connectivity index (χ1n) is 22.5. The number of anilines is 3. The number of hydrogen-bond donors (Lipinski definition) is 2. The summed E-state index contributed by atoms with van der Waals surface area (Å²) in [6.45, 7) is 11.3. The Labute approximate surface area is 367 Å². The Morgan fingerprint density at radius 2 is 1.68 bits per heavy atom. The number of fused-ring (bicyclic) bond motifs is 9. The van der Waals surface area contributed by atoms with Crippen LogP contribution in [0.1, 0.15) is 78.3 Å². The summed E-state index contributed by atoms with van der Waals surface area (Å²) in [4.78, 5) is 60.5. The molecule has 4 aromatic heterocycles. The van der Waals surface area contributed by atoms with Crippen LogP contribution in [0.15, 0.2) is 48.7 Å². The largest absolute Gasteiger partial charge is 0.477 e. The lowest BCUT2D eigenvalue weighted by Crippen LogP contribution is -2.62. The highest BCUT2D eigenvalue weighted by Gasteiger charge is 2.42. The van der Waals surface area contributed by atoms with Crippen molar-refractivity contribution >= 4 is 46.1 Å². The van der Waals surface area contributed by atoms with Crippen LogP contribution in [0, 0.1) is 25.7 Å². The van der Waals surface area contributed by atoms with E-state index >= 15 is 0 Å². The topological polar surface area (TPSA) is 165 Å². The second-order valence-corrected chi connectivity index (χ2v) is 18.4. The molecule has 63 heavy (non-hydrogen) atoms. The van der Waals surface area contributed by atoms with E-state index in [-0.39, 0.29) is 23.3 Å². The number of aromatic nitrogens is 6. The molecule has 1 aliphatic carbocycles. The number of rotatable bonds is 6. The van der Waals surface area contributed by atoms with E-state index in [4.69, 9.17) is 24.4 Å². The van der Waals surface area contributed by atoms with E-state index in [0.717, 1.165) is 123 Å². The fourth-order valence-corrected chi connectivity index (χ4v) is 10.9. The molecule has 8 heterocycles. The number of nitrogens with one attached hydrogen (secondary N) is 2. The Balaban J connectivity index is 0.851. The maximum Gasteiger partial charge on any atom is 0.258 e. The summed E-state index contributed by atoms with van der Waals surface area (Å²) < 4.78 is 16.4. The van der Waals surface area contributed by atoms with Crippen molar-refractivity contribution in [2.45, 2.75) is 76.8 Å². The quantitative estimate of drug-likeness (QED) is 0.214. The first kappa shape index (κ1) is 41.2. The van der Waals surface area contributed by atoms with Gasteiger partial charge in [0.05, 0.1) is 64.7 Å². The number of benzene rings is 1. The van der Waals surface area contributed by atoms with Crippen LogP contribution in [-0.4, -0.2) is 117 Å². The number of amides is 3. The number of hydrogen-bond acceptors (Lipinski definition) is 12. The molecule has 0 radical (unpaired) electrons. The molecule has 1 saturated carbocycles. The summed E-state index contributed by atoms with van der Waals surface area (Å²) in [5.74, 6) is 0.971. The van der Waals surface area contributed by atoms with Gasteiger partial charge in [-0.3, -0.25) is 39.9 Å². The predicted octanol–water partition coefficient (Wildman–Crippen LogP) is 5.23. The van der Waals surface area contributed by atoms with E-state index in [1.165, 1.54) is 0 Å². The molecule has 2 N–H and O–H groups in total. The molecule has 5 aliphatic rings. The number of methoxy groups -OCH3 is 1. The maximum atomic E-state index is 14.0. The lowest BCUT2D eigenvalue weighted by atomic mass is 9.85. The van der Waals surface area contributed by atoms with Gasteiger partial charge >= 0.3 is 0 Å². The van der Waals surface area contributed by atoms with Gasteiger partial charge in [0, 0.05) is 88.9 Å². The maximum absolute atomic E-state index is 14.0. The first-order valence-corrected chi connectivity index (χ1v) is 22.5. The van der Waals surface area contributed by atoms with Crippen molar-refractivity contribution in [3.05, 3.63) is 71.3 Å². The number of nitrogens with zero attached hydrogens (tertiary/aromatic N) is 9. The molecule has 16 nitrogen and oxygen atoms in total. The molecule has 3 saturated heterocycles. The minimum atomic E-state index is -0.391. The van der Waals surface area contributed by atoms with Gasteiger partial charge in [-0.05, 0) is 107 Å². The number of carbonyl (C=O) groups is 3. The monoisotopic (exact) mass is 855 g/mol. The number of carbonyl (C=O) groups excluding carboxylic acids is 3. The van der Waals surface area contributed by atoms with Crippen molar-refractivity contribution in [2.24, 2.45) is 18.9 Å². The van der Waals surface area contributed by atoms with Gasteiger partial charge in [-0.2, -0.15) is 5.10 Å². The lowest BCUT2D eigenvalue weighted by Gasteiger charge is -2.52. The molecule has 1 aromatic carbocycles. The summed E-state index contributed by atoms with van der Waals surface area (Å²) >= 11 is 0. The van der Waals surface area contributed by atoms with E-state index < -0.39 is 5.92 Å². The standard InChI is InChI=1S/C47H57N11O5/c1-29-21-33-23-39(49-29)36-25-48-54(3)45(36)63-27-32-6-5-31(22-32)26-58-41-24-34(7-9-38(41)51-46(58)53-43(33)60)55-17-19-57(20-18-55)47(28-62-4)13-15-56(16-14-47)40-11-10-37(50-30(40)2)35-8-12-42(59)52-44(35)61/h7,9-11,21,23-25,31-32,35H,5-6,8,12-20,22,26-28H2,1-4H3,(H,51,53,60)(H,52,59,61)/t31-,32+,35?/m1/s1. The van der Waals surface area contributed by atoms with Crippen molar-refractivity contribution in [3.8, 4) is 17.1 Å². The number of imide groups is 1. The van der Waals surface area contributed by atoms with Gasteiger partial charge in [-0.25, -0.2) is 9.67 Å². The van der Waals surface area contributed by atoms with Gasteiger partial charge in [0.25, 0.3) is 5.91 Å². The molecular weight excluding hydrogens is 799 g/mol. The van der Waals surface area contributed by atoms with Crippen LogP contribution in [0.2, 0.25) is 0 Å². The second-order valence-electron chi connectivity index (χ2n) is 18.4. The van der Waals surface area contributed by atoms with Crippen LogP contribution in [0.5, 0.6) is 5.88 Å². The summed E-state index contributed by atoms with van der Waals surface area (Å²) in [7, 11) is 3.69. The van der Waals surface area contributed by atoms with Crippen LogP contribution in [-0.2, 0) is 27.9 Å². The van der Waals surface area contributed by atoms with Gasteiger partial charge in [0.1, 0.15) is 0 Å². The highest BCUT2D eigenvalue weighted by atomic mass is 16.5. The molecule has 3 atom stereocenters. The van der Waals surface area contributed by atoms with Crippen LogP contribution in [0.4, 0.5) is 17.3 Å². The number of aryl methyl sites for hydroxylation is 3. The van der Waals surface area contributed by atoms with E-state index in [1.54, 1.807) is 10.9 Å². The molecule has 3 amide bonds. The third kappa shape index (κ3) is 7.92. The van der Waals surface area contributed by atoms with Crippen molar-refractivity contribution in [1.82, 2.24) is 39.5 Å². The Hall–Kier alpha value is -5.87. The highest BCUT2D eigenvalue weighted by Crippen LogP contribution is 2.39. The minimum Gasteiger partial charge on any atom is -0.477 e. The van der Waals surface area contributed by atoms with E-state index in [9.17, 15) is 14.4 Å². The van der Waals surface area contributed by atoms with Crippen molar-refractivity contribution < 1.29 is 23.9 Å². The fourth-order valence-electron chi connectivity index (χ4n) is 10.9. The fraction of sp³-hybridized carbons (Fsp3) is 0.511. The normalized spacial score (nSPS) is 23.0. The third-order valence-corrected chi connectivity index (χ3v) is 14.3. The molecule has 1 unspecified atom stereocenters. The first-order chi connectivity index (χ1) is 30.5. The van der Waals surface area contributed by atoms with Crippen molar-refractivity contribution in [1.29, 1.82) is 0 Å². The van der Waals surface area contributed by atoms with Gasteiger partial charge in [-0.15, -0.1) is 0 Å². The Bertz CT molecular complexity index is 2570. The van der Waals surface area contributed by atoms with Gasteiger partial charge < -0.3 is 23.8 Å². The predicted molar refractivity (Wildman–Crippen MR) is 239 cm³/mol. The van der Waals surface area contributed by atoms with Crippen molar-refractivity contribution in [2.75, 3.05) is 74.7 Å². The Morgan fingerprint density at radius 3 is 2.46 bits per heavy atom. The van der Waals surface area contributed by atoms with Gasteiger partial charge in [-0.1, -0.05) is 0 Å². The van der Waals surface area contributed by atoms with Crippen LogP contribution in [0.25, 0.3) is 22.3 Å². The van der Waals surface area contributed by atoms with Crippen LogP contribution < -0.4 is 25.2 Å². The van der Waals surface area contributed by atoms with Gasteiger partial charge in [0.2, 0.25) is 23.6 Å². The van der Waals surface area contributed by atoms with Crippen LogP contribution >= 0.6 is 0 Å². The second kappa shape index (κ2) is 16.7. The average molecular weight is 856 g/mol. The molecule has 0 spiro atoms.